The van der Waals surface area contributed by atoms with Gasteiger partial charge in [0.05, 0.1) is 19.4 Å². The van der Waals surface area contributed by atoms with Crippen LogP contribution in [0.15, 0.2) is 22.8 Å². The highest BCUT2D eigenvalue weighted by Gasteiger charge is 2.20. The summed E-state index contributed by atoms with van der Waals surface area (Å²) in [5.41, 5.74) is 0. The van der Waals surface area contributed by atoms with Gasteiger partial charge in [0, 0.05) is 12.6 Å². The van der Waals surface area contributed by atoms with Crippen LogP contribution in [-0.2, 0) is 11.3 Å². The maximum absolute atomic E-state index is 11.8. The van der Waals surface area contributed by atoms with Gasteiger partial charge in [-0.3, -0.25) is 9.69 Å². The Labute approximate surface area is 108 Å². The predicted octanol–water partition coefficient (Wildman–Crippen LogP) is 0.580. The Morgan fingerprint density at radius 1 is 1.61 bits per heavy atom. The minimum Gasteiger partial charge on any atom is -0.467 e. The van der Waals surface area contributed by atoms with E-state index in [4.69, 9.17) is 4.42 Å². The molecule has 1 aliphatic rings. The van der Waals surface area contributed by atoms with Crippen molar-refractivity contribution in [1.29, 1.82) is 0 Å². The van der Waals surface area contributed by atoms with Gasteiger partial charge in [-0.1, -0.05) is 0 Å². The maximum atomic E-state index is 11.8. The highest BCUT2D eigenvalue weighted by atomic mass is 16.3. The summed E-state index contributed by atoms with van der Waals surface area (Å²) in [6, 6.07) is 4.19. The third-order valence-corrected chi connectivity index (χ3v) is 3.32. The molecule has 1 aromatic rings. The van der Waals surface area contributed by atoms with Crippen molar-refractivity contribution < 1.29 is 9.21 Å². The fourth-order valence-corrected chi connectivity index (χ4v) is 2.29. The molecule has 0 aromatic carbocycles. The SMILES string of the molecule is CNC1CCCN(CC(=O)NCc2ccco2)C1. The summed E-state index contributed by atoms with van der Waals surface area (Å²) in [5, 5.41) is 6.14. The molecule has 0 aliphatic carbocycles. The van der Waals surface area contributed by atoms with Crippen LogP contribution in [0.3, 0.4) is 0 Å². The number of amides is 1. The molecule has 0 spiro atoms. The average Bonchev–Trinajstić information content (AvgIpc) is 2.90. The second kappa shape index (κ2) is 6.56. The van der Waals surface area contributed by atoms with Crippen molar-refractivity contribution in [3.63, 3.8) is 0 Å². The van der Waals surface area contributed by atoms with Crippen molar-refractivity contribution in [2.75, 3.05) is 26.7 Å². The van der Waals surface area contributed by atoms with E-state index in [0.717, 1.165) is 25.3 Å². The molecule has 5 heteroatoms. The fraction of sp³-hybridized carbons (Fsp3) is 0.615. The topological polar surface area (TPSA) is 57.5 Å². The number of likely N-dealkylation sites (tertiary alicyclic amines) is 1. The van der Waals surface area contributed by atoms with Crippen LogP contribution in [0.1, 0.15) is 18.6 Å². The van der Waals surface area contributed by atoms with Crippen molar-refractivity contribution in [3.05, 3.63) is 24.2 Å². The minimum absolute atomic E-state index is 0.0585. The molecule has 1 atom stereocenters. The molecule has 100 valence electrons. The van der Waals surface area contributed by atoms with E-state index in [2.05, 4.69) is 15.5 Å². The second-order valence-electron chi connectivity index (χ2n) is 4.72. The van der Waals surface area contributed by atoms with Crippen LogP contribution in [0.5, 0.6) is 0 Å². The summed E-state index contributed by atoms with van der Waals surface area (Å²) in [6.07, 6.45) is 3.96. The van der Waals surface area contributed by atoms with Gasteiger partial charge in [0.25, 0.3) is 0 Å². The minimum atomic E-state index is 0.0585. The molecule has 5 nitrogen and oxygen atoms in total. The molecule has 2 heterocycles. The Hall–Kier alpha value is -1.33. The van der Waals surface area contributed by atoms with E-state index >= 15 is 0 Å². The first-order valence-electron chi connectivity index (χ1n) is 6.46. The van der Waals surface area contributed by atoms with Gasteiger partial charge in [-0.15, -0.1) is 0 Å². The lowest BCUT2D eigenvalue weighted by Gasteiger charge is -2.31. The van der Waals surface area contributed by atoms with Crippen LogP contribution in [0.25, 0.3) is 0 Å². The number of nitrogens with zero attached hydrogens (tertiary/aromatic N) is 1. The number of hydrogen-bond acceptors (Lipinski definition) is 4. The second-order valence-corrected chi connectivity index (χ2v) is 4.72. The van der Waals surface area contributed by atoms with Crippen LogP contribution >= 0.6 is 0 Å². The van der Waals surface area contributed by atoms with E-state index in [0.29, 0.717) is 19.1 Å². The van der Waals surface area contributed by atoms with Gasteiger partial charge in [-0.05, 0) is 38.6 Å². The third kappa shape index (κ3) is 3.85. The summed E-state index contributed by atoms with van der Waals surface area (Å²) in [6.45, 7) is 2.89. The zero-order valence-corrected chi connectivity index (χ0v) is 10.8. The first-order chi connectivity index (χ1) is 8.78. The van der Waals surface area contributed by atoms with E-state index in [1.54, 1.807) is 6.26 Å². The van der Waals surface area contributed by atoms with Crippen molar-refractivity contribution in [2.45, 2.75) is 25.4 Å². The smallest absolute Gasteiger partial charge is 0.234 e. The molecule has 1 fully saturated rings. The van der Waals surface area contributed by atoms with Crippen LogP contribution in [0.4, 0.5) is 0 Å². The zero-order valence-electron chi connectivity index (χ0n) is 10.8. The zero-order chi connectivity index (χ0) is 12.8. The summed E-state index contributed by atoms with van der Waals surface area (Å²) in [5.74, 6) is 0.846. The van der Waals surface area contributed by atoms with Crippen LogP contribution in [0, 0.1) is 0 Å². The van der Waals surface area contributed by atoms with E-state index in [1.165, 1.54) is 6.42 Å². The number of rotatable bonds is 5. The number of carbonyl (C=O) groups is 1. The fourth-order valence-electron chi connectivity index (χ4n) is 2.29. The highest BCUT2D eigenvalue weighted by Crippen LogP contribution is 2.09. The quantitative estimate of drug-likeness (QED) is 0.804. The lowest BCUT2D eigenvalue weighted by atomic mass is 10.1. The van der Waals surface area contributed by atoms with E-state index in [1.807, 2.05) is 19.2 Å². The molecule has 1 saturated heterocycles. The Morgan fingerprint density at radius 2 is 2.50 bits per heavy atom. The maximum Gasteiger partial charge on any atom is 0.234 e. The molecular formula is C13H21N3O2. The molecule has 2 N–H and O–H groups in total. The molecular weight excluding hydrogens is 230 g/mol. The van der Waals surface area contributed by atoms with Crippen molar-refractivity contribution in [1.82, 2.24) is 15.5 Å². The van der Waals surface area contributed by atoms with Gasteiger partial charge in [-0.2, -0.15) is 0 Å². The lowest BCUT2D eigenvalue weighted by molar-refractivity contribution is -0.122. The molecule has 1 amide bonds. The van der Waals surface area contributed by atoms with Gasteiger partial charge in [0.2, 0.25) is 5.91 Å². The normalized spacial score (nSPS) is 20.8. The van der Waals surface area contributed by atoms with Crippen LogP contribution in [0.2, 0.25) is 0 Å². The number of carbonyl (C=O) groups excluding carboxylic acids is 1. The first-order valence-corrected chi connectivity index (χ1v) is 6.46. The lowest BCUT2D eigenvalue weighted by Crippen LogP contribution is -2.47. The molecule has 0 saturated carbocycles. The highest BCUT2D eigenvalue weighted by molar-refractivity contribution is 5.77. The molecule has 0 bridgehead atoms. The van der Waals surface area contributed by atoms with Gasteiger partial charge in [0.15, 0.2) is 0 Å². The van der Waals surface area contributed by atoms with E-state index in [9.17, 15) is 4.79 Å². The van der Waals surface area contributed by atoms with Gasteiger partial charge in [-0.25, -0.2) is 0 Å². The molecule has 2 rings (SSSR count). The summed E-state index contributed by atoms with van der Waals surface area (Å²) < 4.78 is 5.17. The predicted molar refractivity (Wildman–Crippen MR) is 69.1 cm³/mol. The largest absolute Gasteiger partial charge is 0.467 e. The standard InChI is InChI=1S/C13H21N3O2/c1-14-11-4-2-6-16(9-11)10-13(17)15-8-12-5-3-7-18-12/h3,5,7,11,14H,2,4,6,8-10H2,1H3,(H,15,17). The number of piperidine rings is 1. The van der Waals surface area contributed by atoms with Crippen LogP contribution < -0.4 is 10.6 Å². The monoisotopic (exact) mass is 251 g/mol. The summed E-state index contributed by atoms with van der Waals surface area (Å²) in [7, 11) is 1.98. The Kier molecular flexibility index (Phi) is 4.78. The number of furan rings is 1. The van der Waals surface area contributed by atoms with Crippen molar-refractivity contribution >= 4 is 5.91 Å². The summed E-state index contributed by atoms with van der Waals surface area (Å²) >= 11 is 0. The van der Waals surface area contributed by atoms with Crippen molar-refractivity contribution in [2.24, 2.45) is 0 Å². The molecule has 0 radical (unpaired) electrons. The third-order valence-electron chi connectivity index (χ3n) is 3.32. The van der Waals surface area contributed by atoms with Crippen LogP contribution in [-0.4, -0.2) is 43.5 Å². The Balaban J connectivity index is 1.70. The Morgan fingerprint density at radius 3 is 3.22 bits per heavy atom. The number of likely N-dealkylation sites (N-methyl/N-ethyl adjacent to an activating group) is 1. The van der Waals surface area contributed by atoms with E-state index < -0.39 is 0 Å². The van der Waals surface area contributed by atoms with Gasteiger partial charge in [0.1, 0.15) is 5.76 Å². The van der Waals surface area contributed by atoms with Gasteiger partial charge >= 0.3 is 0 Å². The van der Waals surface area contributed by atoms with Gasteiger partial charge < -0.3 is 15.1 Å². The Bertz CT molecular complexity index is 364. The molecule has 18 heavy (non-hydrogen) atoms. The molecule has 1 aliphatic heterocycles. The van der Waals surface area contributed by atoms with Crippen molar-refractivity contribution in [3.8, 4) is 0 Å². The molecule has 1 aromatic heterocycles. The first kappa shape index (κ1) is 13.1. The molecule has 1 unspecified atom stereocenters. The number of hydrogen-bond donors (Lipinski definition) is 2. The number of nitrogens with one attached hydrogen (secondary N) is 2. The average molecular weight is 251 g/mol. The summed E-state index contributed by atoms with van der Waals surface area (Å²) in [4.78, 5) is 14.0. The van der Waals surface area contributed by atoms with E-state index in [-0.39, 0.29) is 5.91 Å².